The summed E-state index contributed by atoms with van der Waals surface area (Å²) in [6.45, 7) is 0.0113. The van der Waals surface area contributed by atoms with Crippen LogP contribution in [-0.4, -0.2) is 26.1 Å². The first kappa shape index (κ1) is 15.6. The number of carbonyl (C=O) groups is 1. The van der Waals surface area contributed by atoms with Gasteiger partial charge in [-0.1, -0.05) is 31.0 Å². The van der Waals surface area contributed by atoms with Crippen LogP contribution in [0.5, 0.6) is 0 Å². The molecule has 2 aromatic heterocycles. The van der Waals surface area contributed by atoms with Gasteiger partial charge in [0.1, 0.15) is 6.54 Å². The standard InChI is InChI=1S/C19H20N4O2/c24-17(21-14-7-4-5-8-14)13-22-16-11-6-12-20-18(16)23(19(22)25)15-9-2-1-3-10-15/h1-3,6,9-12,14H,4-5,7-8,13H2,(H,21,24). The summed E-state index contributed by atoms with van der Waals surface area (Å²) in [4.78, 5) is 29.7. The Morgan fingerprint density at radius 2 is 1.88 bits per heavy atom. The minimum Gasteiger partial charge on any atom is -0.352 e. The maximum Gasteiger partial charge on any atom is 0.335 e. The molecule has 1 aliphatic carbocycles. The van der Waals surface area contributed by atoms with Crippen molar-refractivity contribution in [1.29, 1.82) is 0 Å². The predicted octanol–water partition coefficient (Wildman–Crippen LogP) is 2.25. The number of imidazole rings is 1. The van der Waals surface area contributed by atoms with Crippen LogP contribution in [0.3, 0.4) is 0 Å². The van der Waals surface area contributed by atoms with Crippen LogP contribution < -0.4 is 11.0 Å². The number of hydrogen-bond acceptors (Lipinski definition) is 3. The van der Waals surface area contributed by atoms with Crippen LogP contribution in [0.15, 0.2) is 53.5 Å². The molecular formula is C19H20N4O2. The monoisotopic (exact) mass is 336 g/mol. The second-order valence-corrected chi connectivity index (χ2v) is 6.43. The number of nitrogens with one attached hydrogen (secondary N) is 1. The fourth-order valence-corrected chi connectivity index (χ4v) is 3.54. The summed E-state index contributed by atoms with van der Waals surface area (Å²) in [5.74, 6) is -0.120. The van der Waals surface area contributed by atoms with Crippen molar-refractivity contribution in [3.8, 4) is 5.69 Å². The van der Waals surface area contributed by atoms with Gasteiger partial charge in [-0.25, -0.2) is 14.3 Å². The second-order valence-electron chi connectivity index (χ2n) is 6.43. The van der Waals surface area contributed by atoms with Crippen molar-refractivity contribution in [1.82, 2.24) is 19.4 Å². The molecule has 1 aliphatic rings. The molecule has 0 bridgehead atoms. The van der Waals surface area contributed by atoms with Crippen LogP contribution in [0.2, 0.25) is 0 Å². The molecule has 4 rings (SSSR count). The number of aromatic nitrogens is 3. The smallest absolute Gasteiger partial charge is 0.335 e. The summed E-state index contributed by atoms with van der Waals surface area (Å²) in [5, 5.41) is 3.04. The lowest BCUT2D eigenvalue weighted by atomic mass is 10.2. The lowest BCUT2D eigenvalue weighted by molar-refractivity contribution is -0.122. The van der Waals surface area contributed by atoms with Gasteiger partial charge in [0, 0.05) is 12.2 Å². The first-order valence-corrected chi connectivity index (χ1v) is 8.65. The van der Waals surface area contributed by atoms with Crippen LogP contribution in [0.4, 0.5) is 0 Å². The van der Waals surface area contributed by atoms with Crippen LogP contribution in [0.1, 0.15) is 25.7 Å². The van der Waals surface area contributed by atoms with Gasteiger partial charge in [0.05, 0.1) is 11.2 Å². The highest BCUT2D eigenvalue weighted by Crippen LogP contribution is 2.18. The van der Waals surface area contributed by atoms with Crippen molar-refractivity contribution in [3.63, 3.8) is 0 Å². The average molecular weight is 336 g/mol. The van der Waals surface area contributed by atoms with Gasteiger partial charge >= 0.3 is 5.69 Å². The number of rotatable bonds is 4. The van der Waals surface area contributed by atoms with Crippen LogP contribution in [0.25, 0.3) is 16.9 Å². The number of amides is 1. The van der Waals surface area contributed by atoms with Gasteiger partial charge in [0.25, 0.3) is 0 Å². The topological polar surface area (TPSA) is 68.9 Å². The zero-order valence-corrected chi connectivity index (χ0v) is 13.9. The molecular weight excluding hydrogens is 316 g/mol. The van der Waals surface area contributed by atoms with Gasteiger partial charge in [-0.15, -0.1) is 0 Å². The molecule has 6 heteroatoms. The predicted molar refractivity (Wildman–Crippen MR) is 95.7 cm³/mol. The quantitative estimate of drug-likeness (QED) is 0.794. The highest BCUT2D eigenvalue weighted by Gasteiger charge is 2.20. The maximum atomic E-state index is 13.0. The Hall–Kier alpha value is -2.89. The number of para-hydroxylation sites is 1. The molecule has 1 amide bonds. The summed E-state index contributed by atoms with van der Waals surface area (Å²) in [6.07, 6.45) is 6.01. The molecule has 128 valence electrons. The third-order valence-electron chi connectivity index (χ3n) is 4.73. The molecule has 1 saturated carbocycles. The molecule has 25 heavy (non-hydrogen) atoms. The van der Waals surface area contributed by atoms with E-state index >= 15 is 0 Å². The Morgan fingerprint density at radius 3 is 2.64 bits per heavy atom. The van der Waals surface area contributed by atoms with E-state index in [0.29, 0.717) is 11.2 Å². The van der Waals surface area contributed by atoms with E-state index in [1.807, 2.05) is 36.4 Å². The number of pyridine rings is 1. The average Bonchev–Trinajstić information content (AvgIpc) is 3.23. The van der Waals surface area contributed by atoms with E-state index in [0.717, 1.165) is 31.4 Å². The molecule has 1 N–H and O–H groups in total. The van der Waals surface area contributed by atoms with Crippen molar-refractivity contribution < 1.29 is 4.79 Å². The van der Waals surface area contributed by atoms with E-state index in [1.165, 1.54) is 4.57 Å². The molecule has 3 aromatic rings. The first-order valence-electron chi connectivity index (χ1n) is 8.65. The Morgan fingerprint density at radius 1 is 1.12 bits per heavy atom. The molecule has 6 nitrogen and oxygen atoms in total. The fourth-order valence-electron chi connectivity index (χ4n) is 3.54. The van der Waals surface area contributed by atoms with E-state index in [1.54, 1.807) is 16.8 Å². The minimum absolute atomic E-state index is 0.0113. The Bertz CT molecular complexity index is 952. The molecule has 2 heterocycles. The summed E-state index contributed by atoms with van der Waals surface area (Å²) in [7, 11) is 0. The molecule has 0 aliphatic heterocycles. The molecule has 1 fully saturated rings. The van der Waals surface area contributed by atoms with Gasteiger partial charge in [0.15, 0.2) is 5.65 Å². The van der Waals surface area contributed by atoms with E-state index in [2.05, 4.69) is 10.3 Å². The Kier molecular flexibility index (Phi) is 4.09. The van der Waals surface area contributed by atoms with Crippen molar-refractivity contribution in [2.45, 2.75) is 38.3 Å². The number of fused-ring (bicyclic) bond motifs is 1. The summed E-state index contributed by atoms with van der Waals surface area (Å²) in [6, 6.07) is 13.2. The lowest BCUT2D eigenvalue weighted by Gasteiger charge is -2.12. The number of nitrogens with zero attached hydrogens (tertiary/aromatic N) is 3. The Labute approximate surface area is 145 Å². The van der Waals surface area contributed by atoms with Gasteiger partial charge in [-0.2, -0.15) is 0 Å². The van der Waals surface area contributed by atoms with E-state index < -0.39 is 0 Å². The van der Waals surface area contributed by atoms with E-state index in [9.17, 15) is 9.59 Å². The number of hydrogen-bond donors (Lipinski definition) is 1. The van der Waals surface area contributed by atoms with E-state index in [-0.39, 0.29) is 24.2 Å². The lowest BCUT2D eigenvalue weighted by Crippen LogP contribution is -2.37. The third kappa shape index (κ3) is 2.95. The highest BCUT2D eigenvalue weighted by atomic mass is 16.2. The number of carbonyl (C=O) groups excluding carboxylic acids is 1. The minimum atomic E-state index is -0.249. The SMILES string of the molecule is O=C(Cn1c(=O)n(-c2ccccc2)c2ncccc21)NC1CCCC1. The van der Waals surface area contributed by atoms with E-state index in [4.69, 9.17) is 0 Å². The first-order chi connectivity index (χ1) is 12.2. The highest BCUT2D eigenvalue weighted by molar-refractivity contribution is 5.80. The normalized spacial score (nSPS) is 14.9. The van der Waals surface area contributed by atoms with Crippen molar-refractivity contribution in [2.75, 3.05) is 0 Å². The molecule has 0 atom stereocenters. The number of benzene rings is 1. The summed E-state index contributed by atoms with van der Waals surface area (Å²) >= 11 is 0. The molecule has 0 unspecified atom stereocenters. The van der Waals surface area contributed by atoms with Crippen molar-refractivity contribution in [2.24, 2.45) is 0 Å². The molecule has 1 aromatic carbocycles. The van der Waals surface area contributed by atoms with Crippen LogP contribution in [-0.2, 0) is 11.3 Å². The second kappa shape index (κ2) is 6.55. The summed E-state index contributed by atoms with van der Waals surface area (Å²) < 4.78 is 3.05. The van der Waals surface area contributed by atoms with Crippen molar-refractivity contribution in [3.05, 3.63) is 59.1 Å². The Balaban J connectivity index is 1.73. The van der Waals surface area contributed by atoms with Gasteiger partial charge in [-0.3, -0.25) is 9.36 Å². The zero-order valence-electron chi connectivity index (χ0n) is 13.9. The fraction of sp³-hybridized carbons (Fsp3) is 0.316. The van der Waals surface area contributed by atoms with Gasteiger partial charge in [-0.05, 0) is 37.1 Å². The molecule has 0 saturated heterocycles. The van der Waals surface area contributed by atoms with Crippen LogP contribution >= 0.6 is 0 Å². The molecule has 0 spiro atoms. The van der Waals surface area contributed by atoms with Crippen molar-refractivity contribution >= 4 is 17.1 Å². The molecule has 0 radical (unpaired) electrons. The zero-order chi connectivity index (χ0) is 17.2. The summed E-state index contributed by atoms with van der Waals surface area (Å²) in [5.41, 5.74) is 1.72. The third-order valence-corrected chi connectivity index (χ3v) is 4.73. The maximum absolute atomic E-state index is 13.0. The largest absolute Gasteiger partial charge is 0.352 e. The van der Waals surface area contributed by atoms with Gasteiger partial charge in [0.2, 0.25) is 5.91 Å². The van der Waals surface area contributed by atoms with Crippen LogP contribution in [0, 0.1) is 0 Å². The van der Waals surface area contributed by atoms with Gasteiger partial charge < -0.3 is 5.32 Å².